The van der Waals surface area contributed by atoms with Crippen LogP contribution in [0.5, 0.6) is 0 Å². The lowest BCUT2D eigenvalue weighted by atomic mass is 10.0. The Kier molecular flexibility index (Phi) is 2.50. The Balaban J connectivity index is 2.35. The molecule has 1 aliphatic rings. The van der Waals surface area contributed by atoms with Gasteiger partial charge in [-0.05, 0) is 18.8 Å². The van der Waals surface area contributed by atoms with Gasteiger partial charge < -0.3 is 5.32 Å². The van der Waals surface area contributed by atoms with Crippen LogP contribution in [0.3, 0.4) is 0 Å². The Bertz CT molecular complexity index is 118. The summed E-state index contributed by atoms with van der Waals surface area (Å²) in [6.45, 7) is 8.31. The van der Waals surface area contributed by atoms with Crippen LogP contribution in [0.25, 0.3) is 0 Å². The zero-order valence-corrected chi connectivity index (χ0v) is 6.93. The van der Waals surface area contributed by atoms with E-state index in [0.29, 0.717) is 6.04 Å². The molecule has 1 heteroatoms. The van der Waals surface area contributed by atoms with Crippen LogP contribution in [0.15, 0.2) is 12.7 Å². The van der Waals surface area contributed by atoms with E-state index in [1.54, 1.807) is 0 Å². The first-order chi connectivity index (χ1) is 4.74. The summed E-state index contributed by atoms with van der Waals surface area (Å²) in [5.41, 5.74) is 0. The normalized spacial score (nSPS) is 33.1. The summed E-state index contributed by atoms with van der Waals surface area (Å²) in [6, 6.07) is 1.30. The highest BCUT2D eigenvalue weighted by Gasteiger charge is 2.23. The molecule has 0 aromatic rings. The van der Waals surface area contributed by atoms with E-state index in [0.717, 1.165) is 12.0 Å². The Morgan fingerprint density at radius 1 is 1.50 bits per heavy atom. The lowest BCUT2D eigenvalue weighted by molar-refractivity contribution is 0.442. The van der Waals surface area contributed by atoms with Crippen LogP contribution < -0.4 is 5.32 Å². The minimum absolute atomic E-state index is 0.576. The molecule has 1 fully saturated rings. The van der Waals surface area contributed by atoms with Gasteiger partial charge in [-0.15, -0.1) is 6.58 Å². The third kappa shape index (κ3) is 1.60. The molecule has 1 N–H and O–H groups in total. The van der Waals surface area contributed by atoms with Gasteiger partial charge in [0.25, 0.3) is 0 Å². The molecule has 0 saturated carbocycles. The SMILES string of the molecule is C=C[C@H]1CC[C@@H](C(C)C)N1. The van der Waals surface area contributed by atoms with Crippen molar-refractivity contribution in [3.05, 3.63) is 12.7 Å². The minimum Gasteiger partial charge on any atom is -0.308 e. The molecule has 1 aliphatic heterocycles. The molecule has 1 nitrogen and oxygen atoms in total. The lowest BCUT2D eigenvalue weighted by Crippen LogP contribution is -2.31. The monoisotopic (exact) mass is 139 g/mol. The van der Waals surface area contributed by atoms with Crippen molar-refractivity contribution in [2.24, 2.45) is 5.92 Å². The van der Waals surface area contributed by atoms with Crippen molar-refractivity contribution in [3.8, 4) is 0 Å². The fraction of sp³-hybridized carbons (Fsp3) is 0.778. The first kappa shape index (κ1) is 7.80. The smallest absolute Gasteiger partial charge is 0.0250 e. The number of rotatable bonds is 2. The first-order valence-corrected chi connectivity index (χ1v) is 4.12. The molecule has 0 aliphatic carbocycles. The molecule has 2 atom stereocenters. The third-order valence-corrected chi connectivity index (χ3v) is 2.31. The maximum Gasteiger partial charge on any atom is 0.0250 e. The van der Waals surface area contributed by atoms with E-state index in [1.165, 1.54) is 12.8 Å². The molecular weight excluding hydrogens is 122 g/mol. The predicted molar refractivity (Wildman–Crippen MR) is 45.0 cm³/mol. The van der Waals surface area contributed by atoms with Crippen LogP contribution >= 0.6 is 0 Å². The van der Waals surface area contributed by atoms with E-state index in [2.05, 4.69) is 25.7 Å². The van der Waals surface area contributed by atoms with E-state index in [1.807, 2.05) is 6.08 Å². The second kappa shape index (κ2) is 3.20. The average molecular weight is 139 g/mol. The summed E-state index contributed by atoms with van der Waals surface area (Å²) in [4.78, 5) is 0. The molecule has 1 heterocycles. The maximum atomic E-state index is 3.77. The molecule has 58 valence electrons. The van der Waals surface area contributed by atoms with Gasteiger partial charge >= 0.3 is 0 Å². The van der Waals surface area contributed by atoms with E-state index in [4.69, 9.17) is 0 Å². The topological polar surface area (TPSA) is 12.0 Å². The Morgan fingerprint density at radius 3 is 2.50 bits per heavy atom. The number of hydrogen-bond acceptors (Lipinski definition) is 1. The van der Waals surface area contributed by atoms with Crippen molar-refractivity contribution >= 4 is 0 Å². The summed E-state index contributed by atoms with van der Waals surface area (Å²) in [5.74, 6) is 0.768. The fourth-order valence-electron chi connectivity index (χ4n) is 1.51. The van der Waals surface area contributed by atoms with E-state index in [9.17, 15) is 0 Å². The molecule has 0 unspecified atom stereocenters. The van der Waals surface area contributed by atoms with Gasteiger partial charge in [0.05, 0.1) is 0 Å². The van der Waals surface area contributed by atoms with E-state index >= 15 is 0 Å². The van der Waals surface area contributed by atoms with Crippen molar-refractivity contribution in [1.82, 2.24) is 5.32 Å². The van der Waals surface area contributed by atoms with Crippen LogP contribution in [-0.2, 0) is 0 Å². The van der Waals surface area contributed by atoms with Crippen molar-refractivity contribution in [3.63, 3.8) is 0 Å². The number of nitrogens with one attached hydrogen (secondary N) is 1. The molecule has 0 aromatic heterocycles. The van der Waals surface area contributed by atoms with Crippen molar-refractivity contribution in [1.29, 1.82) is 0 Å². The van der Waals surface area contributed by atoms with Gasteiger partial charge in [0, 0.05) is 12.1 Å². The first-order valence-electron chi connectivity index (χ1n) is 4.12. The summed E-state index contributed by atoms with van der Waals surface area (Å²) >= 11 is 0. The standard InChI is InChI=1S/C9H17N/c1-4-8-5-6-9(10-8)7(2)3/h4,7-10H,1,5-6H2,2-3H3/t8-,9-/m0/s1. The predicted octanol–water partition coefficient (Wildman–Crippen LogP) is 1.95. The van der Waals surface area contributed by atoms with Crippen molar-refractivity contribution in [2.75, 3.05) is 0 Å². The Labute approximate surface area is 63.5 Å². The van der Waals surface area contributed by atoms with Crippen LogP contribution in [-0.4, -0.2) is 12.1 Å². The maximum absolute atomic E-state index is 3.77. The van der Waals surface area contributed by atoms with Crippen molar-refractivity contribution in [2.45, 2.75) is 38.8 Å². The third-order valence-electron chi connectivity index (χ3n) is 2.31. The van der Waals surface area contributed by atoms with Gasteiger partial charge in [-0.3, -0.25) is 0 Å². The quantitative estimate of drug-likeness (QED) is 0.577. The Morgan fingerprint density at radius 2 is 2.20 bits per heavy atom. The molecule has 1 saturated heterocycles. The molecule has 10 heavy (non-hydrogen) atoms. The Hall–Kier alpha value is -0.300. The van der Waals surface area contributed by atoms with Gasteiger partial charge in [0.15, 0.2) is 0 Å². The summed E-state index contributed by atoms with van der Waals surface area (Å²) < 4.78 is 0. The average Bonchev–Trinajstić information content (AvgIpc) is 2.34. The van der Waals surface area contributed by atoms with Gasteiger partial charge in [0.1, 0.15) is 0 Å². The highest BCUT2D eigenvalue weighted by Crippen LogP contribution is 2.18. The fourth-order valence-corrected chi connectivity index (χ4v) is 1.51. The molecule has 0 bridgehead atoms. The summed E-state index contributed by atoms with van der Waals surface area (Å²) in [6.07, 6.45) is 4.60. The van der Waals surface area contributed by atoms with E-state index < -0.39 is 0 Å². The van der Waals surface area contributed by atoms with E-state index in [-0.39, 0.29) is 0 Å². The molecule has 0 amide bonds. The lowest BCUT2D eigenvalue weighted by Gasteiger charge is -2.15. The van der Waals surface area contributed by atoms with Crippen LogP contribution in [0.1, 0.15) is 26.7 Å². The highest BCUT2D eigenvalue weighted by atomic mass is 15.0. The van der Waals surface area contributed by atoms with Gasteiger partial charge in [-0.25, -0.2) is 0 Å². The molecule has 1 rings (SSSR count). The molecule has 0 spiro atoms. The molecule has 0 radical (unpaired) electrons. The molecular formula is C9H17N. The zero-order valence-electron chi connectivity index (χ0n) is 6.93. The zero-order chi connectivity index (χ0) is 7.56. The largest absolute Gasteiger partial charge is 0.308 e. The van der Waals surface area contributed by atoms with Gasteiger partial charge in [0.2, 0.25) is 0 Å². The minimum atomic E-state index is 0.576. The van der Waals surface area contributed by atoms with Gasteiger partial charge in [-0.1, -0.05) is 19.9 Å². The van der Waals surface area contributed by atoms with Crippen LogP contribution in [0.4, 0.5) is 0 Å². The highest BCUT2D eigenvalue weighted by molar-refractivity contribution is 4.94. The number of hydrogen-bond donors (Lipinski definition) is 1. The van der Waals surface area contributed by atoms with Gasteiger partial charge in [-0.2, -0.15) is 0 Å². The summed E-state index contributed by atoms with van der Waals surface area (Å²) in [5, 5.41) is 3.52. The van der Waals surface area contributed by atoms with Crippen molar-refractivity contribution < 1.29 is 0 Å². The second-order valence-corrected chi connectivity index (χ2v) is 3.44. The van der Waals surface area contributed by atoms with Crippen LogP contribution in [0.2, 0.25) is 0 Å². The van der Waals surface area contributed by atoms with Crippen LogP contribution in [0, 0.1) is 5.92 Å². The summed E-state index contributed by atoms with van der Waals surface area (Å²) in [7, 11) is 0. The second-order valence-electron chi connectivity index (χ2n) is 3.44. The molecule has 0 aromatic carbocycles.